The first kappa shape index (κ1) is 16.7. The molecule has 22 heavy (non-hydrogen) atoms. The summed E-state index contributed by atoms with van der Waals surface area (Å²) in [5.41, 5.74) is 1.77. The molecular weight excluding hydrogens is 322 g/mol. The number of carboxylic acid groups (broad SMARTS) is 1. The maximum atomic E-state index is 12.4. The highest BCUT2D eigenvalue weighted by molar-refractivity contribution is 7.17. The van der Waals surface area contributed by atoms with Crippen LogP contribution in [0.3, 0.4) is 0 Å². The van der Waals surface area contributed by atoms with E-state index in [0.717, 1.165) is 16.0 Å². The zero-order valence-corrected chi connectivity index (χ0v) is 14.2. The van der Waals surface area contributed by atoms with Crippen molar-refractivity contribution in [2.45, 2.75) is 26.9 Å². The molecule has 2 aromatic heterocycles. The van der Waals surface area contributed by atoms with Crippen LogP contribution in [0.2, 0.25) is 0 Å². The molecule has 0 aliphatic carbocycles. The van der Waals surface area contributed by atoms with Gasteiger partial charge in [-0.3, -0.25) is 4.79 Å². The Balaban J connectivity index is 2.32. The van der Waals surface area contributed by atoms with Crippen molar-refractivity contribution in [2.24, 2.45) is 0 Å². The summed E-state index contributed by atoms with van der Waals surface area (Å²) in [5, 5.41) is 14.4. The number of aromatic carboxylic acids is 1. The SMILES string of the molecule is CCc1c(C)sc(NC(=O)c2sccc2COC)c1C(=O)O. The zero-order valence-electron chi connectivity index (χ0n) is 12.6. The Bertz CT molecular complexity index is 702. The molecule has 1 amide bonds. The Kier molecular flexibility index (Phi) is 5.33. The van der Waals surface area contributed by atoms with E-state index in [4.69, 9.17) is 4.74 Å². The molecule has 0 fully saturated rings. The molecular formula is C15H17NO4S2. The van der Waals surface area contributed by atoms with Crippen molar-refractivity contribution >= 4 is 39.6 Å². The van der Waals surface area contributed by atoms with Crippen LogP contribution in [0, 0.1) is 6.92 Å². The van der Waals surface area contributed by atoms with Crippen molar-refractivity contribution in [2.75, 3.05) is 12.4 Å². The fourth-order valence-electron chi connectivity index (χ4n) is 2.28. The standard InChI is InChI=1S/C15H17NO4S2/c1-4-10-8(2)22-14(11(10)15(18)19)16-13(17)12-9(7-20-3)5-6-21-12/h5-6H,4,7H2,1-3H3,(H,16,17)(H,18,19). The van der Waals surface area contributed by atoms with Crippen molar-refractivity contribution in [3.05, 3.63) is 37.9 Å². The lowest BCUT2D eigenvalue weighted by Crippen LogP contribution is -2.14. The summed E-state index contributed by atoms with van der Waals surface area (Å²) in [6, 6.07) is 1.83. The third-order valence-corrected chi connectivity index (χ3v) is 5.27. The van der Waals surface area contributed by atoms with Gasteiger partial charge in [-0.15, -0.1) is 22.7 Å². The number of thiophene rings is 2. The normalized spacial score (nSPS) is 10.7. The monoisotopic (exact) mass is 339 g/mol. The minimum absolute atomic E-state index is 0.197. The van der Waals surface area contributed by atoms with E-state index in [9.17, 15) is 14.7 Å². The summed E-state index contributed by atoms with van der Waals surface area (Å²) in [5.74, 6) is -1.31. The lowest BCUT2D eigenvalue weighted by Gasteiger charge is -2.06. The predicted molar refractivity (Wildman–Crippen MR) is 88.4 cm³/mol. The molecule has 0 spiro atoms. The highest BCUT2D eigenvalue weighted by Crippen LogP contribution is 2.34. The molecule has 5 nitrogen and oxygen atoms in total. The number of ether oxygens (including phenoxy) is 1. The van der Waals surface area contributed by atoms with Crippen LogP contribution in [0.5, 0.6) is 0 Å². The molecule has 0 aliphatic rings. The van der Waals surface area contributed by atoms with E-state index in [-0.39, 0.29) is 11.5 Å². The zero-order chi connectivity index (χ0) is 16.3. The molecule has 0 bridgehead atoms. The van der Waals surface area contributed by atoms with E-state index in [1.54, 1.807) is 7.11 Å². The first-order valence-electron chi connectivity index (χ1n) is 6.71. The molecule has 0 aromatic carbocycles. The fourth-order valence-corrected chi connectivity index (χ4v) is 4.22. The van der Waals surface area contributed by atoms with Crippen molar-refractivity contribution in [1.29, 1.82) is 0 Å². The van der Waals surface area contributed by atoms with Crippen LogP contribution in [0.4, 0.5) is 5.00 Å². The minimum Gasteiger partial charge on any atom is -0.478 e. The van der Waals surface area contributed by atoms with Crippen LogP contribution < -0.4 is 5.32 Å². The van der Waals surface area contributed by atoms with Crippen LogP contribution in [-0.2, 0) is 17.8 Å². The number of hydrogen-bond acceptors (Lipinski definition) is 5. The quantitative estimate of drug-likeness (QED) is 0.840. The number of methoxy groups -OCH3 is 1. The first-order valence-corrected chi connectivity index (χ1v) is 8.41. The van der Waals surface area contributed by atoms with Gasteiger partial charge in [-0.25, -0.2) is 4.79 Å². The van der Waals surface area contributed by atoms with E-state index in [1.807, 2.05) is 25.3 Å². The topological polar surface area (TPSA) is 75.6 Å². The Labute approximate surface area is 136 Å². The average molecular weight is 339 g/mol. The predicted octanol–water partition coefficient (Wildman–Crippen LogP) is 3.78. The summed E-state index contributed by atoms with van der Waals surface area (Å²) >= 11 is 2.61. The van der Waals surface area contributed by atoms with Crippen LogP contribution >= 0.6 is 22.7 Å². The number of aryl methyl sites for hydroxylation is 1. The lowest BCUT2D eigenvalue weighted by atomic mass is 10.1. The van der Waals surface area contributed by atoms with E-state index >= 15 is 0 Å². The van der Waals surface area contributed by atoms with Crippen molar-refractivity contribution in [3.63, 3.8) is 0 Å². The second kappa shape index (κ2) is 7.04. The van der Waals surface area contributed by atoms with Gasteiger partial charge in [-0.2, -0.15) is 0 Å². The second-order valence-electron chi connectivity index (χ2n) is 4.66. The van der Waals surface area contributed by atoms with Crippen molar-refractivity contribution < 1.29 is 19.4 Å². The largest absolute Gasteiger partial charge is 0.478 e. The molecule has 2 N–H and O–H groups in total. The first-order chi connectivity index (χ1) is 10.5. The van der Waals surface area contributed by atoms with Gasteiger partial charge in [0.1, 0.15) is 5.00 Å². The number of carbonyl (C=O) groups is 2. The van der Waals surface area contributed by atoms with E-state index in [2.05, 4.69) is 5.32 Å². The fraction of sp³-hybridized carbons (Fsp3) is 0.333. The van der Waals surface area contributed by atoms with Gasteiger partial charge in [0, 0.05) is 17.6 Å². The molecule has 2 rings (SSSR count). The summed E-state index contributed by atoms with van der Waals surface area (Å²) < 4.78 is 5.06. The van der Waals surface area contributed by atoms with Crippen LogP contribution in [0.15, 0.2) is 11.4 Å². The molecule has 0 atom stereocenters. The number of amides is 1. The molecule has 7 heteroatoms. The summed E-state index contributed by atoms with van der Waals surface area (Å²) in [7, 11) is 1.57. The third-order valence-electron chi connectivity index (χ3n) is 3.26. The molecule has 0 unspecified atom stereocenters. The van der Waals surface area contributed by atoms with Gasteiger partial charge in [-0.05, 0) is 30.4 Å². The molecule has 2 heterocycles. The highest BCUT2D eigenvalue weighted by atomic mass is 32.1. The molecule has 0 saturated carbocycles. The van der Waals surface area contributed by atoms with Gasteiger partial charge in [0.25, 0.3) is 5.91 Å². The molecule has 0 saturated heterocycles. The average Bonchev–Trinajstić information content (AvgIpc) is 3.03. The van der Waals surface area contributed by atoms with Crippen molar-refractivity contribution in [1.82, 2.24) is 0 Å². The van der Waals surface area contributed by atoms with E-state index in [1.165, 1.54) is 22.7 Å². The number of hydrogen-bond donors (Lipinski definition) is 2. The number of anilines is 1. The number of nitrogens with one attached hydrogen (secondary N) is 1. The smallest absolute Gasteiger partial charge is 0.339 e. The maximum absolute atomic E-state index is 12.4. The van der Waals surface area contributed by atoms with E-state index < -0.39 is 5.97 Å². The molecule has 118 valence electrons. The van der Waals surface area contributed by atoms with Gasteiger partial charge < -0.3 is 15.2 Å². The van der Waals surface area contributed by atoms with Gasteiger partial charge >= 0.3 is 5.97 Å². The lowest BCUT2D eigenvalue weighted by molar-refractivity contribution is 0.0697. The highest BCUT2D eigenvalue weighted by Gasteiger charge is 2.23. The number of carbonyl (C=O) groups excluding carboxylic acids is 1. The van der Waals surface area contributed by atoms with Gasteiger partial charge in [0.05, 0.1) is 17.0 Å². The van der Waals surface area contributed by atoms with Crippen LogP contribution in [-0.4, -0.2) is 24.1 Å². The van der Waals surface area contributed by atoms with Crippen LogP contribution in [0.25, 0.3) is 0 Å². The second-order valence-corrected chi connectivity index (χ2v) is 6.80. The molecule has 0 radical (unpaired) electrons. The summed E-state index contributed by atoms with van der Waals surface area (Å²) in [4.78, 5) is 25.4. The molecule has 2 aromatic rings. The summed E-state index contributed by atoms with van der Waals surface area (Å²) in [6.07, 6.45) is 0.619. The Hall–Kier alpha value is -1.70. The Morgan fingerprint density at radius 2 is 2.14 bits per heavy atom. The van der Waals surface area contributed by atoms with E-state index in [0.29, 0.717) is 22.9 Å². The van der Waals surface area contributed by atoms with Gasteiger partial charge in [-0.1, -0.05) is 6.92 Å². The Morgan fingerprint density at radius 3 is 2.73 bits per heavy atom. The molecule has 0 aliphatic heterocycles. The number of rotatable bonds is 6. The Morgan fingerprint density at radius 1 is 1.41 bits per heavy atom. The van der Waals surface area contributed by atoms with Crippen LogP contribution in [0.1, 0.15) is 43.0 Å². The third kappa shape index (κ3) is 3.21. The number of carboxylic acids is 1. The minimum atomic E-state index is -1.01. The van der Waals surface area contributed by atoms with Gasteiger partial charge in [0.15, 0.2) is 0 Å². The maximum Gasteiger partial charge on any atom is 0.339 e. The summed E-state index contributed by atoms with van der Waals surface area (Å²) in [6.45, 7) is 4.12. The van der Waals surface area contributed by atoms with Crippen molar-refractivity contribution in [3.8, 4) is 0 Å². The van der Waals surface area contributed by atoms with Gasteiger partial charge in [0.2, 0.25) is 0 Å².